The van der Waals surface area contributed by atoms with Gasteiger partial charge in [-0.05, 0) is 33.4 Å². The maximum atomic E-state index is 14.4. The van der Waals surface area contributed by atoms with Crippen LogP contribution >= 0.6 is 0 Å². The second kappa shape index (κ2) is 26.7. The van der Waals surface area contributed by atoms with E-state index in [-0.39, 0.29) is 46.2 Å². The van der Waals surface area contributed by atoms with Crippen LogP contribution in [0.25, 0.3) is 0 Å². The molecule has 2 saturated heterocycles. The molecule has 2 aliphatic rings. The Balaban J connectivity index is 1.22. The van der Waals surface area contributed by atoms with Gasteiger partial charge in [-0.1, -0.05) is 182 Å². The van der Waals surface area contributed by atoms with Crippen LogP contribution in [0.2, 0.25) is 0 Å². The number of methoxy groups -OCH3 is 1. The summed E-state index contributed by atoms with van der Waals surface area (Å²) >= 11 is 0. The van der Waals surface area contributed by atoms with E-state index in [2.05, 4.69) is 0 Å². The average molecular weight is 1030 g/mol. The number of benzene rings is 6. The Morgan fingerprint density at radius 3 is 1.07 bits per heavy atom. The Kier molecular flexibility index (Phi) is 19.7. The zero-order chi connectivity index (χ0) is 50.9. The summed E-state index contributed by atoms with van der Waals surface area (Å²) in [6.45, 7) is -0.520. The molecule has 6 aromatic rings. The fourth-order valence-corrected chi connectivity index (χ4v) is 9.13. The molecule has 388 valence electrons. The summed E-state index contributed by atoms with van der Waals surface area (Å²) < 4.78 is 141. The Bertz CT molecular complexity index is 2610. The van der Waals surface area contributed by atoms with Crippen molar-refractivity contribution in [2.45, 2.75) is 107 Å². The van der Waals surface area contributed by atoms with E-state index in [0.29, 0.717) is 11.1 Å². The van der Waals surface area contributed by atoms with E-state index in [1.54, 1.807) is 78.9 Å². The predicted molar refractivity (Wildman–Crippen MR) is 261 cm³/mol. The number of hydrogen-bond donors (Lipinski definition) is 0. The molecular formula is C56H59F3O13S. The highest BCUT2D eigenvalue weighted by atomic mass is 32.2. The van der Waals surface area contributed by atoms with Crippen molar-refractivity contribution < 1.29 is 73.1 Å². The van der Waals surface area contributed by atoms with Gasteiger partial charge in [-0.2, -0.15) is 21.6 Å². The van der Waals surface area contributed by atoms with Crippen LogP contribution in [0.3, 0.4) is 0 Å². The summed E-state index contributed by atoms with van der Waals surface area (Å²) in [7, 11) is -4.80. The van der Waals surface area contributed by atoms with Crippen molar-refractivity contribution in [2.75, 3.05) is 20.3 Å². The SMILES string of the molecule is CO[C@H]1O[C@H](COCc2ccccc2)[C@@H](O[C@H]2O[C@H](COCc3ccccc3)[C@H](OS(=O)(=O)C(F)(F)F)[C@H](OCc3ccccc3)[C@H]2OCc2ccccc2)[C@H](OCc2ccccc2)[C@H]1OCc1ccccc1. The maximum absolute atomic E-state index is 14.4. The second-order valence-corrected chi connectivity index (χ2v) is 19.0. The number of ether oxygens (including phenoxy) is 10. The van der Waals surface area contributed by atoms with E-state index < -0.39 is 83.6 Å². The molecule has 0 bridgehead atoms. The largest absolute Gasteiger partial charge is 0.523 e. The molecule has 10 atom stereocenters. The fraction of sp³-hybridized carbons (Fsp3) is 0.357. The van der Waals surface area contributed by atoms with Crippen LogP contribution in [0, 0.1) is 0 Å². The van der Waals surface area contributed by atoms with Gasteiger partial charge in [-0.3, -0.25) is 4.18 Å². The molecule has 0 radical (unpaired) electrons. The lowest BCUT2D eigenvalue weighted by atomic mass is 9.96. The van der Waals surface area contributed by atoms with Gasteiger partial charge < -0.3 is 47.4 Å². The number of hydrogen-bond acceptors (Lipinski definition) is 13. The van der Waals surface area contributed by atoms with Gasteiger partial charge >= 0.3 is 15.6 Å². The lowest BCUT2D eigenvalue weighted by Crippen LogP contribution is -2.66. The van der Waals surface area contributed by atoms with E-state index in [0.717, 1.165) is 22.3 Å². The van der Waals surface area contributed by atoms with Gasteiger partial charge in [-0.25, -0.2) is 0 Å². The van der Waals surface area contributed by atoms with Crippen molar-refractivity contribution in [3.05, 3.63) is 215 Å². The third-order valence-electron chi connectivity index (χ3n) is 12.2. The standard InChI is InChI=1S/C56H59F3O13S/c1-62-54-52(67-36-44-28-16-6-17-29-44)50(65-34-42-24-12-4-13-25-42)48(46(69-54)38-63-32-40-20-8-2-9-21-40)71-55-53(68-37-45-30-18-7-19-31-45)51(66-35-43-26-14-5-15-27-43)49(72-73(60,61)56(57,58)59)47(70-55)39-64-33-41-22-10-3-11-23-41/h2-31,46-55H,32-39H2,1H3/t46-,47-,48-,49+,50+,51+,52-,53-,54+,55-/m1/s1. The molecule has 0 saturated carbocycles. The molecule has 17 heteroatoms. The van der Waals surface area contributed by atoms with Gasteiger partial charge in [0.2, 0.25) is 0 Å². The normalized spacial score (nSPS) is 24.5. The molecule has 13 nitrogen and oxygen atoms in total. The topological polar surface area (TPSA) is 136 Å². The Hall–Kier alpha value is -5.38. The van der Waals surface area contributed by atoms with Crippen molar-refractivity contribution in [3.63, 3.8) is 0 Å². The minimum Gasteiger partial charge on any atom is -0.374 e. The molecule has 0 amide bonds. The van der Waals surface area contributed by atoms with Crippen molar-refractivity contribution in [2.24, 2.45) is 0 Å². The van der Waals surface area contributed by atoms with Gasteiger partial charge in [0.1, 0.15) is 48.8 Å². The summed E-state index contributed by atoms with van der Waals surface area (Å²) in [4.78, 5) is 0. The van der Waals surface area contributed by atoms with Gasteiger partial charge in [0.15, 0.2) is 12.6 Å². The molecule has 8 rings (SSSR count). The monoisotopic (exact) mass is 1030 g/mol. The Morgan fingerprint density at radius 1 is 0.411 bits per heavy atom. The number of halogens is 3. The van der Waals surface area contributed by atoms with E-state index in [4.69, 9.17) is 51.6 Å². The molecule has 0 aliphatic carbocycles. The maximum Gasteiger partial charge on any atom is 0.523 e. The quantitative estimate of drug-likeness (QED) is 0.0398. The second-order valence-electron chi connectivity index (χ2n) is 17.4. The van der Waals surface area contributed by atoms with Crippen LogP contribution in [-0.2, 0) is 101 Å². The van der Waals surface area contributed by atoms with Crippen molar-refractivity contribution in [1.29, 1.82) is 0 Å². The molecule has 0 unspecified atom stereocenters. The van der Waals surface area contributed by atoms with Gasteiger partial charge in [0.05, 0.1) is 52.9 Å². The van der Waals surface area contributed by atoms with Crippen LogP contribution in [0.15, 0.2) is 182 Å². The van der Waals surface area contributed by atoms with Gasteiger partial charge in [0.25, 0.3) is 0 Å². The molecule has 6 aromatic carbocycles. The first-order valence-electron chi connectivity index (χ1n) is 23.9. The first-order chi connectivity index (χ1) is 35.5. The summed E-state index contributed by atoms with van der Waals surface area (Å²) in [6, 6.07) is 55.4. The van der Waals surface area contributed by atoms with Crippen molar-refractivity contribution >= 4 is 10.1 Å². The summed E-state index contributed by atoms with van der Waals surface area (Å²) in [5.41, 5.74) is -1.22. The van der Waals surface area contributed by atoms with Crippen molar-refractivity contribution in [3.8, 4) is 0 Å². The smallest absolute Gasteiger partial charge is 0.374 e. The van der Waals surface area contributed by atoms with Crippen molar-refractivity contribution in [1.82, 2.24) is 0 Å². The van der Waals surface area contributed by atoms with Crippen LogP contribution < -0.4 is 0 Å². The minimum atomic E-state index is -6.29. The third-order valence-corrected chi connectivity index (χ3v) is 13.2. The summed E-state index contributed by atoms with van der Waals surface area (Å²) in [5.74, 6) is 0. The van der Waals surface area contributed by atoms with Crippen LogP contribution in [0.4, 0.5) is 13.2 Å². The summed E-state index contributed by atoms with van der Waals surface area (Å²) in [6.07, 6.45) is -13.4. The highest BCUT2D eigenvalue weighted by Crippen LogP contribution is 2.38. The highest BCUT2D eigenvalue weighted by Gasteiger charge is 2.58. The van der Waals surface area contributed by atoms with Crippen LogP contribution in [-0.4, -0.2) is 95.7 Å². The predicted octanol–water partition coefficient (Wildman–Crippen LogP) is 9.48. The third kappa shape index (κ3) is 15.4. The Labute approximate surface area is 424 Å². The first kappa shape index (κ1) is 53.9. The van der Waals surface area contributed by atoms with Crippen LogP contribution in [0.1, 0.15) is 33.4 Å². The van der Waals surface area contributed by atoms with E-state index in [9.17, 15) is 21.6 Å². The fourth-order valence-electron chi connectivity index (χ4n) is 8.49. The van der Waals surface area contributed by atoms with Gasteiger partial charge in [-0.15, -0.1) is 0 Å². The summed E-state index contributed by atoms with van der Waals surface area (Å²) in [5, 5.41) is 0. The van der Waals surface area contributed by atoms with Crippen LogP contribution in [0.5, 0.6) is 0 Å². The highest BCUT2D eigenvalue weighted by molar-refractivity contribution is 7.87. The molecule has 0 aromatic heterocycles. The zero-order valence-corrected chi connectivity index (χ0v) is 40.9. The molecule has 2 aliphatic heterocycles. The zero-order valence-electron chi connectivity index (χ0n) is 40.1. The molecule has 0 spiro atoms. The van der Waals surface area contributed by atoms with E-state index in [1.165, 1.54) is 7.11 Å². The Morgan fingerprint density at radius 2 is 0.712 bits per heavy atom. The number of rotatable bonds is 25. The molecular weight excluding hydrogens is 970 g/mol. The molecule has 2 heterocycles. The lowest BCUT2D eigenvalue weighted by molar-refractivity contribution is -0.372. The van der Waals surface area contributed by atoms with E-state index >= 15 is 0 Å². The first-order valence-corrected chi connectivity index (χ1v) is 25.3. The number of alkyl halides is 3. The minimum absolute atomic E-state index is 0.0139. The van der Waals surface area contributed by atoms with E-state index in [1.807, 2.05) is 103 Å². The molecule has 73 heavy (non-hydrogen) atoms. The average Bonchev–Trinajstić information content (AvgIpc) is 3.41. The van der Waals surface area contributed by atoms with Gasteiger partial charge in [0, 0.05) is 7.11 Å². The molecule has 2 fully saturated rings. The molecule has 0 N–H and O–H groups in total. The lowest BCUT2D eigenvalue weighted by Gasteiger charge is -2.50.